The highest BCUT2D eigenvalue weighted by Crippen LogP contribution is 2.38. The SMILES string of the molecule is CC(=O)N1C[C@@H](O)C[C@@H]1C(=O)N1CCOC2(CCC2)C1. The molecule has 1 aliphatic carbocycles. The topological polar surface area (TPSA) is 70.1 Å². The van der Waals surface area contributed by atoms with Gasteiger partial charge in [-0.15, -0.1) is 0 Å². The third kappa shape index (κ3) is 2.31. The van der Waals surface area contributed by atoms with Gasteiger partial charge in [0.2, 0.25) is 11.8 Å². The summed E-state index contributed by atoms with van der Waals surface area (Å²) >= 11 is 0. The summed E-state index contributed by atoms with van der Waals surface area (Å²) in [6, 6.07) is -0.502. The van der Waals surface area contributed by atoms with Crippen molar-refractivity contribution in [3.05, 3.63) is 0 Å². The number of aliphatic hydroxyl groups is 1. The summed E-state index contributed by atoms with van der Waals surface area (Å²) in [7, 11) is 0. The Balaban J connectivity index is 1.69. The number of ether oxygens (including phenoxy) is 1. The number of hydrogen-bond donors (Lipinski definition) is 1. The van der Waals surface area contributed by atoms with Crippen LogP contribution in [0, 0.1) is 0 Å². The summed E-state index contributed by atoms with van der Waals surface area (Å²) in [5, 5.41) is 9.74. The molecule has 0 unspecified atom stereocenters. The lowest BCUT2D eigenvalue weighted by Gasteiger charge is -2.49. The van der Waals surface area contributed by atoms with E-state index < -0.39 is 12.1 Å². The molecule has 2 heterocycles. The molecule has 0 bridgehead atoms. The van der Waals surface area contributed by atoms with Crippen molar-refractivity contribution in [2.45, 2.75) is 50.4 Å². The second kappa shape index (κ2) is 5.00. The highest BCUT2D eigenvalue weighted by atomic mass is 16.5. The Bertz CT molecular complexity index is 421. The van der Waals surface area contributed by atoms with Crippen LogP contribution in [-0.2, 0) is 14.3 Å². The minimum Gasteiger partial charge on any atom is -0.391 e. The fourth-order valence-corrected chi connectivity index (χ4v) is 3.51. The molecule has 2 amide bonds. The number of aliphatic hydroxyl groups excluding tert-OH is 1. The first kappa shape index (κ1) is 13.8. The van der Waals surface area contributed by atoms with Crippen LogP contribution in [0.25, 0.3) is 0 Å². The van der Waals surface area contributed by atoms with Crippen LogP contribution >= 0.6 is 0 Å². The first-order chi connectivity index (χ1) is 9.51. The van der Waals surface area contributed by atoms with Gasteiger partial charge in [-0.1, -0.05) is 0 Å². The van der Waals surface area contributed by atoms with Crippen molar-refractivity contribution in [3.63, 3.8) is 0 Å². The van der Waals surface area contributed by atoms with Crippen molar-refractivity contribution in [2.24, 2.45) is 0 Å². The van der Waals surface area contributed by atoms with Crippen LogP contribution in [0.5, 0.6) is 0 Å². The molecule has 112 valence electrons. The van der Waals surface area contributed by atoms with E-state index in [-0.39, 0.29) is 24.0 Å². The minimum absolute atomic E-state index is 0.0358. The van der Waals surface area contributed by atoms with Gasteiger partial charge in [-0.2, -0.15) is 0 Å². The molecule has 2 atom stereocenters. The van der Waals surface area contributed by atoms with E-state index in [4.69, 9.17) is 4.74 Å². The number of rotatable bonds is 1. The number of hydrogen-bond acceptors (Lipinski definition) is 4. The molecule has 3 fully saturated rings. The number of β-amino-alcohol motifs (C(OH)–C–C–N with tert-alkyl or cyclic N) is 1. The molecule has 0 aromatic carbocycles. The Morgan fingerprint density at radius 2 is 2.10 bits per heavy atom. The molecule has 1 saturated carbocycles. The Kier molecular flexibility index (Phi) is 3.46. The fourth-order valence-electron chi connectivity index (χ4n) is 3.51. The van der Waals surface area contributed by atoms with E-state index in [9.17, 15) is 14.7 Å². The standard InChI is InChI=1S/C14H22N2O4/c1-10(17)16-8-11(18)7-12(16)13(19)15-5-6-20-14(9-15)3-2-4-14/h11-12,18H,2-9H2,1H3/t11-,12+/m0/s1. The van der Waals surface area contributed by atoms with Gasteiger partial charge < -0.3 is 19.6 Å². The molecule has 20 heavy (non-hydrogen) atoms. The molecule has 0 aromatic heterocycles. The molecule has 2 aliphatic heterocycles. The number of likely N-dealkylation sites (tertiary alicyclic amines) is 1. The van der Waals surface area contributed by atoms with E-state index >= 15 is 0 Å². The lowest BCUT2D eigenvalue weighted by Crippen LogP contribution is -2.59. The van der Waals surface area contributed by atoms with Crippen molar-refractivity contribution in [3.8, 4) is 0 Å². The average Bonchev–Trinajstić information content (AvgIpc) is 2.78. The zero-order valence-corrected chi connectivity index (χ0v) is 11.9. The highest BCUT2D eigenvalue weighted by molar-refractivity contribution is 5.87. The van der Waals surface area contributed by atoms with Crippen LogP contribution in [0.2, 0.25) is 0 Å². The molecule has 0 aromatic rings. The Morgan fingerprint density at radius 3 is 2.70 bits per heavy atom. The summed E-state index contributed by atoms with van der Waals surface area (Å²) in [6.45, 7) is 3.50. The number of morpholine rings is 1. The van der Waals surface area contributed by atoms with Crippen LogP contribution in [-0.4, -0.2) is 70.7 Å². The van der Waals surface area contributed by atoms with E-state index in [2.05, 4.69) is 0 Å². The van der Waals surface area contributed by atoms with Gasteiger partial charge in [0.05, 0.1) is 18.3 Å². The van der Waals surface area contributed by atoms with Crippen molar-refractivity contribution >= 4 is 11.8 Å². The zero-order valence-electron chi connectivity index (χ0n) is 11.9. The van der Waals surface area contributed by atoms with Crippen molar-refractivity contribution in [1.29, 1.82) is 0 Å². The first-order valence-electron chi connectivity index (χ1n) is 7.39. The van der Waals surface area contributed by atoms with Crippen LogP contribution in [0.4, 0.5) is 0 Å². The maximum absolute atomic E-state index is 12.7. The summed E-state index contributed by atoms with van der Waals surface area (Å²) < 4.78 is 5.82. The predicted octanol–water partition coefficient (Wildman–Crippen LogP) is -0.250. The molecular weight excluding hydrogens is 260 g/mol. The highest BCUT2D eigenvalue weighted by Gasteiger charge is 2.46. The Morgan fingerprint density at radius 1 is 1.35 bits per heavy atom. The van der Waals surface area contributed by atoms with E-state index in [0.29, 0.717) is 26.1 Å². The number of amides is 2. The van der Waals surface area contributed by atoms with Crippen LogP contribution in [0.15, 0.2) is 0 Å². The molecule has 1 N–H and O–H groups in total. The zero-order chi connectivity index (χ0) is 14.3. The lowest BCUT2D eigenvalue weighted by atomic mass is 9.78. The van der Waals surface area contributed by atoms with Crippen LogP contribution < -0.4 is 0 Å². The number of carbonyl (C=O) groups is 2. The van der Waals surface area contributed by atoms with Gasteiger partial charge in [0.15, 0.2) is 0 Å². The summed E-state index contributed by atoms with van der Waals surface area (Å²) in [5.41, 5.74) is -0.133. The monoisotopic (exact) mass is 282 g/mol. The molecule has 3 aliphatic rings. The second-order valence-electron chi connectivity index (χ2n) is 6.22. The molecule has 2 saturated heterocycles. The summed E-state index contributed by atoms with van der Waals surface area (Å²) in [4.78, 5) is 27.6. The normalized spacial score (nSPS) is 32.3. The summed E-state index contributed by atoms with van der Waals surface area (Å²) in [6.07, 6.45) is 2.94. The van der Waals surface area contributed by atoms with Crippen LogP contribution in [0.3, 0.4) is 0 Å². The predicted molar refractivity (Wildman–Crippen MR) is 70.9 cm³/mol. The smallest absolute Gasteiger partial charge is 0.245 e. The van der Waals surface area contributed by atoms with Crippen molar-refractivity contribution < 1.29 is 19.4 Å². The van der Waals surface area contributed by atoms with Crippen molar-refractivity contribution in [1.82, 2.24) is 9.80 Å². The molecule has 3 rings (SSSR count). The van der Waals surface area contributed by atoms with E-state index in [1.54, 1.807) is 0 Å². The summed E-state index contributed by atoms with van der Waals surface area (Å²) in [5.74, 6) is -0.183. The Hall–Kier alpha value is -1.14. The average molecular weight is 282 g/mol. The number of nitrogens with zero attached hydrogens (tertiary/aromatic N) is 2. The third-order valence-electron chi connectivity index (χ3n) is 4.79. The largest absolute Gasteiger partial charge is 0.391 e. The fraction of sp³-hybridized carbons (Fsp3) is 0.857. The van der Waals surface area contributed by atoms with Crippen LogP contribution in [0.1, 0.15) is 32.6 Å². The van der Waals surface area contributed by atoms with Crippen molar-refractivity contribution in [2.75, 3.05) is 26.2 Å². The maximum Gasteiger partial charge on any atom is 0.245 e. The maximum atomic E-state index is 12.7. The van der Waals surface area contributed by atoms with E-state index in [1.165, 1.54) is 11.8 Å². The third-order valence-corrected chi connectivity index (χ3v) is 4.79. The lowest BCUT2D eigenvalue weighted by molar-refractivity contribution is -0.171. The minimum atomic E-state index is -0.591. The Labute approximate surface area is 118 Å². The van der Waals surface area contributed by atoms with Gasteiger partial charge in [0.1, 0.15) is 6.04 Å². The molecule has 1 spiro atoms. The quantitative estimate of drug-likeness (QED) is 0.720. The molecular formula is C14H22N2O4. The molecule has 0 radical (unpaired) electrons. The molecule has 6 nitrogen and oxygen atoms in total. The van der Waals surface area contributed by atoms with Gasteiger partial charge in [-0.05, 0) is 19.3 Å². The van der Waals surface area contributed by atoms with Gasteiger partial charge in [-0.3, -0.25) is 9.59 Å². The van der Waals surface area contributed by atoms with Gasteiger partial charge in [0.25, 0.3) is 0 Å². The van der Waals surface area contributed by atoms with E-state index in [0.717, 1.165) is 19.3 Å². The first-order valence-corrected chi connectivity index (χ1v) is 7.39. The van der Waals surface area contributed by atoms with E-state index in [1.807, 2.05) is 4.90 Å². The second-order valence-corrected chi connectivity index (χ2v) is 6.22. The van der Waals surface area contributed by atoms with Gasteiger partial charge in [0, 0.05) is 33.0 Å². The van der Waals surface area contributed by atoms with Gasteiger partial charge >= 0.3 is 0 Å². The number of carbonyl (C=O) groups excluding carboxylic acids is 2. The van der Waals surface area contributed by atoms with Gasteiger partial charge in [-0.25, -0.2) is 0 Å². The molecule has 6 heteroatoms.